The van der Waals surface area contributed by atoms with Crippen LogP contribution in [0.2, 0.25) is 0 Å². The van der Waals surface area contributed by atoms with Crippen LogP contribution in [0.15, 0.2) is 24.3 Å². The molecule has 0 saturated carbocycles. The second-order valence-electron chi connectivity index (χ2n) is 5.71. The number of hydrogen-bond acceptors (Lipinski definition) is 2. The van der Waals surface area contributed by atoms with E-state index < -0.39 is 0 Å². The van der Waals surface area contributed by atoms with Gasteiger partial charge >= 0.3 is 0 Å². The third kappa shape index (κ3) is 2.45. The zero-order valence-corrected chi connectivity index (χ0v) is 11.4. The summed E-state index contributed by atoms with van der Waals surface area (Å²) in [6.45, 7) is 5.93. The molecule has 3 rings (SSSR count). The van der Waals surface area contributed by atoms with Gasteiger partial charge in [-0.25, -0.2) is 0 Å². The van der Waals surface area contributed by atoms with E-state index in [1.807, 2.05) is 0 Å². The van der Waals surface area contributed by atoms with Gasteiger partial charge in [-0.3, -0.25) is 4.90 Å². The molecule has 1 saturated heterocycles. The normalized spacial score (nSPS) is 25.9. The van der Waals surface area contributed by atoms with E-state index in [-0.39, 0.29) is 0 Å². The smallest absolute Gasteiger partial charge is 0.0177 e. The molecular formula is C16H24N2. The fourth-order valence-electron chi connectivity index (χ4n) is 3.46. The minimum absolute atomic E-state index is 0.735. The summed E-state index contributed by atoms with van der Waals surface area (Å²) in [5.74, 6) is 0. The van der Waals surface area contributed by atoms with Crippen molar-refractivity contribution in [1.29, 1.82) is 0 Å². The van der Waals surface area contributed by atoms with Gasteiger partial charge in [-0.2, -0.15) is 0 Å². The van der Waals surface area contributed by atoms with E-state index in [0.29, 0.717) is 0 Å². The second kappa shape index (κ2) is 5.41. The van der Waals surface area contributed by atoms with E-state index in [9.17, 15) is 0 Å². The molecule has 1 fully saturated rings. The Morgan fingerprint density at radius 2 is 1.89 bits per heavy atom. The van der Waals surface area contributed by atoms with Crippen molar-refractivity contribution in [1.82, 2.24) is 10.2 Å². The van der Waals surface area contributed by atoms with E-state index in [1.54, 1.807) is 11.1 Å². The van der Waals surface area contributed by atoms with Gasteiger partial charge in [0.25, 0.3) is 0 Å². The first-order valence-electron chi connectivity index (χ1n) is 7.41. The van der Waals surface area contributed by atoms with E-state index in [0.717, 1.165) is 18.6 Å². The van der Waals surface area contributed by atoms with Crippen molar-refractivity contribution in [3.63, 3.8) is 0 Å². The zero-order chi connectivity index (χ0) is 12.4. The van der Waals surface area contributed by atoms with Crippen molar-refractivity contribution < 1.29 is 0 Å². The largest absolute Gasteiger partial charge is 0.313 e. The molecule has 0 radical (unpaired) electrons. The van der Waals surface area contributed by atoms with Crippen LogP contribution in [-0.2, 0) is 12.8 Å². The lowest BCUT2D eigenvalue weighted by molar-refractivity contribution is 0.213. The van der Waals surface area contributed by atoms with Gasteiger partial charge in [0.15, 0.2) is 0 Å². The average Bonchev–Trinajstić information content (AvgIpc) is 2.68. The molecule has 2 nitrogen and oxygen atoms in total. The van der Waals surface area contributed by atoms with Gasteiger partial charge < -0.3 is 5.32 Å². The molecule has 1 N–H and O–H groups in total. The van der Waals surface area contributed by atoms with Gasteiger partial charge in [-0.15, -0.1) is 0 Å². The first-order chi connectivity index (χ1) is 8.86. The molecule has 0 aromatic heterocycles. The maximum absolute atomic E-state index is 3.66. The maximum Gasteiger partial charge on any atom is 0.0177 e. The van der Waals surface area contributed by atoms with Crippen LogP contribution in [0.25, 0.3) is 0 Å². The molecule has 0 amide bonds. The average molecular weight is 244 g/mol. The van der Waals surface area contributed by atoms with Crippen LogP contribution < -0.4 is 5.32 Å². The minimum atomic E-state index is 0.735. The van der Waals surface area contributed by atoms with E-state index in [2.05, 4.69) is 41.4 Å². The molecule has 2 heteroatoms. The Morgan fingerprint density at radius 3 is 2.56 bits per heavy atom. The van der Waals surface area contributed by atoms with Crippen LogP contribution >= 0.6 is 0 Å². The molecule has 1 heterocycles. The highest BCUT2D eigenvalue weighted by atomic mass is 15.2. The van der Waals surface area contributed by atoms with Crippen LogP contribution in [0.5, 0.6) is 0 Å². The van der Waals surface area contributed by atoms with Gasteiger partial charge in [0.1, 0.15) is 0 Å². The number of hydrogen-bond donors (Lipinski definition) is 1. The topological polar surface area (TPSA) is 15.3 Å². The number of benzene rings is 1. The summed E-state index contributed by atoms with van der Waals surface area (Å²) in [5, 5.41) is 3.66. The standard InChI is InChI=1S/C16H24N2/c1-2-15-7-9-18(10-8-17-15)16-11-13-5-3-4-6-14(13)12-16/h3-6,15-17H,2,7-12H2,1H3. The van der Waals surface area contributed by atoms with Crippen LogP contribution in [0.4, 0.5) is 0 Å². The Hall–Kier alpha value is -0.860. The molecule has 1 aromatic rings. The van der Waals surface area contributed by atoms with Crippen molar-refractivity contribution in [2.45, 2.75) is 44.7 Å². The fourth-order valence-corrected chi connectivity index (χ4v) is 3.46. The lowest BCUT2D eigenvalue weighted by Crippen LogP contribution is -2.38. The van der Waals surface area contributed by atoms with Crippen LogP contribution in [0.3, 0.4) is 0 Å². The molecule has 1 aliphatic carbocycles. The first kappa shape index (κ1) is 12.2. The van der Waals surface area contributed by atoms with Crippen LogP contribution in [-0.4, -0.2) is 36.6 Å². The van der Waals surface area contributed by atoms with Gasteiger partial charge in [-0.1, -0.05) is 31.2 Å². The van der Waals surface area contributed by atoms with Crippen molar-refractivity contribution >= 4 is 0 Å². The predicted octanol–water partition coefficient (Wildman–Crippen LogP) is 2.23. The molecule has 0 bridgehead atoms. The zero-order valence-electron chi connectivity index (χ0n) is 11.4. The summed E-state index contributed by atoms with van der Waals surface area (Å²) >= 11 is 0. The molecular weight excluding hydrogens is 220 g/mol. The van der Waals surface area contributed by atoms with Crippen molar-refractivity contribution in [2.24, 2.45) is 0 Å². The third-order valence-electron chi connectivity index (χ3n) is 4.64. The number of rotatable bonds is 2. The molecule has 1 unspecified atom stereocenters. The molecule has 98 valence electrons. The molecule has 1 aromatic carbocycles. The van der Waals surface area contributed by atoms with E-state index >= 15 is 0 Å². The Labute approximate surface area is 110 Å². The summed E-state index contributed by atoms with van der Waals surface area (Å²) in [6.07, 6.45) is 5.09. The Morgan fingerprint density at radius 1 is 1.17 bits per heavy atom. The van der Waals surface area contributed by atoms with Gasteiger partial charge in [0.2, 0.25) is 0 Å². The van der Waals surface area contributed by atoms with Crippen LogP contribution in [0, 0.1) is 0 Å². The summed E-state index contributed by atoms with van der Waals surface area (Å²) < 4.78 is 0. The summed E-state index contributed by atoms with van der Waals surface area (Å²) in [7, 11) is 0. The fraction of sp³-hybridized carbons (Fsp3) is 0.625. The lowest BCUT2D eigenvalue weighted by atomic mass is 10.1. The Bertz CT molecular complexity index is 377. The quantitative estimate of drug-likeness (QED) is 0.858. The molecule has 18 heavy (non-hydrogen) atoms. The van der Waals surface area contributed by atoms with Gasteiger partial charge in [0.05, 0.1) is 0 Å². The molecule has 1 aliphatic heterocycles. The third-order valence-corrected chi connectivity index (χ3v) is 4.64. The van der Waals surface area contributed by atoms with E-state index in [1.165, 1.54) is 38.8 Å². The monoisotopic (exact) mass is 244 g/mol. The van der Waals surface area contributed by atoms with Crippen molar-refractivity contribution in [3.8, 4) is 0 Å². The highest BCUT2D eigenvalue weighted by Gasteiger charge is 2.27. The molecule has 0 spiro atoms. The predicted molar refractivity (Wildman–Crippen MR) is 75.9 cm³/mol. The number of fused-ring (bicyclic) bond motifs is 1. The van der Waals surface area contributed by atoms with Crippen molar-refractivity contribution in [3.05, 3.63) is 35.4 Å². The SMILES string of the molecule is CCC1CCN(C2Cc3ccccc3C2)CCN1. The molecule has 1 atom stereocenters. The minimum Gasteiger partial charge on any atom is -0.313 e. The lowest BCUT2D eigenvalue weighted by Gasteiger charge is -2.26. The number of nitrogens with zero attached hydrogens (tertiary/aromatic N) is 1. The van der Waals surface area contributed by atoms with E-state index in [4.69, 9.17) is 0 Å². The highest BCUT2D eigenvalue weighted by Crippen LogP contribution is 2.26. The second-order valence-corrected chi connectivity index (χ2v) is 5.71. The van der Waals surface area contributed by atoms with Gasteiger partial charge in [0, 0.05) is 25.2 Å². The summed E-state index contributed by atoms with van der Waals surface area (Å²) in [4.78, 5) is 2.71. The summed E-state index contributed by atoms with van der Waals surface area (Å²) in [5.41, 5.74) is 3.15. The molecule has 2 aliphatic rings. The Balaban J connectivity index is 1.64. The first-order valence-corrected chi connectivity index (χ1v) is 7.41. The maximum atomic E-state index is 3.66. The Kier molecular flexibility index (Phi) is 3.67. The summed E-state index contributed by atoms with van der Waals surface area (Å²) in [6, 6.07) is 10.5. The van der Waals surface area contributed by atoms with Crippen LogP contribution in [0.1, 0.15) is 30.9 Å². The van der Waals surface area contributed by atoms with Gasteiger partial charge in [-0.05, 0) is 43.4 Å². The van der Waals surface area contributed by atoms with Crippen molar-refractivity contribution in [2.75, 3.05) is 19.6 Å². The highest BCUT2D eigenvalue weighted by molar-refractivity contribution is 5.33. The number of nitrogens with one attached hydrogen (secondary N) is 1.